The molecule has 8 heteroatoms. The number of hydrogen-bond donors (Lipinski definition) is 0. The van der Waals surface area contributed by atoms with Crippen molar-refractivity contribution in [3.8, 4) is 16.9 Å². The predicted octanol–water partition coefficient (Wildman–Crippen LogP) is 4.07. The van der Waals surface area contributed by atoms with Crippen molar-refractivity contribution < 1.29 is 25.8 Å². The fourth-order valence-corrected chi connectivity index (χ4v) is 2.89. The molecule has 0 saturated carbocycles. The average Bonchev–Trinajstić information content (AvgIpc) is 2.84. The summed E-state index contributed by atoms with van der Waals surface area (Å²) in [5, 5.41) is 0.983. The highest BCUT2D eigenvalue weighted by molar-refractivity contribution is 7.88. The number of rotatable bonds is 3. The van der Waals surface area contributed by atoms with Crippen LogP contribution in [0.2, 0.25) is 0 Å². The summed E-state index contributed by atoms with van der Waals surface area (Å²) in [7, 11) is -3.77. The molecule has 0 fully saturated rings. The van der Waals surface area contributed by atoms with Gasteiger partial charge >= 0.3 is 15.6 Å². The SMILES string of the molecule is Cn1cc(-c2ccc(OS(=O)(=O)C(F)(F)F)cc2)c2ccccc21. The number of nitrogens with zero attached hydrogens (tertiary/aromatic N) is 1. The van der Waals surface area contributed by atoms with Crippen molar-refractivity contribution >= 4 is 21.0 Å². The maximum Gasteiger partial charge on any atom is 0.534 e. The Kier molecular flexibility index (Phi) is 3.79. The zero-order valence-corrected chi connectivity index (χ0v) is 13.2. The normalized spacial score (nSPS) is 12.5. The lowest BCUT2D eigenvalue weighted by molar-refractivity contribution is -0.0500. The van der Waals surface area contributed by atoms with E-state index in [1.165, 1.54) is 24.3 Å². The predicted molar refractivity (Wildman–Crippen MR) is 84.0 cm³/mol. The molecule has 0 aliphatic rings. The summed E-state index contributed by atoms with van der Waals surface area (Å²) in [4.78, 5) is 0. The van der Waals surface area contributed by atoms with Crippen molar-refractivity contribution in [1.29, 1.82) is 0 Å². The third kappa shape index (κ3) is 2.84. The second-order valence-corrected chi connectivity index (χ2v) is 6.72. The van der Waals surface area contributed by atoms with Crippen LogP contribution in [0.15, 0.2) is 54.7 Å². The Balaban J connectivity index is 1.95. The van der Waals surface area contributed by atoms with Gasteiger partial charge in [-0.2, -0.15) is 21.6 Å². The largest absolute Gasteiger partial charge is 0.534 e. The third-order valence-electron chi connectivity index (χ3n) is 3.55. The second kappa shape index (κ2) is 5.55. The zero-order chi connectivity index (χ0) is 17.5. The number of para-hydroxylation sites is 1. The smallest absolute Gasteiger partial charge is 0.376 e. The van der Waals surface area contributed by atoms with Gasteiger partial charge in [0.15, 0.2) is 0 Å². The van der Waals surface area contributed by atoms with E-state index < -0.39 is 21.4 Å². The van der Waals surface area contributed by atoms with E-state index >= 15 is 0 Å². The number of aryl methyl sites for hydroxylation is 1. The number of benzene rings is 2. The van der Waals surface area contributed by atoms with Gasteiger partial charge in [-0.05, 0) is 23.8 Å². The highest BCUT2D eigenvalue weighted by Crippen LogP contribution is 2.32. The van der Waals surface area contributed by atoms with Gasteiger partial charge in [0.05, 0.1) is 0 Å². The third-order valence-corrected chi connectivity index (χ3v) is 4.53. The van der Waals surface area contributed by atoms with Gasteiger partial charge in [-0.1, -0.05) is 30.3 Å². The summed E-state index contributed by atoms with van der Waals surface area (Å²) in [5.74, 6) is -0.392. The van der Waals surface area contributed by atoms with Crippen LogP contribution in [0, 0.1) is 0 Å². The Hall–Kier alpha value is -2.48. The molecule has 0 N–H and O–H groups in total. The van der Waals surface area contributed by atoms with E-state index in [0.29, 0.717) is 0 Å². The van der Waals surface area contributed by atoms with Crippen LogP contribution >= 0.6 is 0 Å². The molecule has 0 aliphatic heterocycles. The first-order valence-electron chi connectivity index (χ1n) is 6.84. The number of alkyl halides is 3. The molecule has 1 aromatic heterocycles. The maximum atomic E-state index is 12.3. The molecular formula is C16H12F3NO3S. The molecule has 0 radical (unpaired) electrons. The molecule has 3 aromatic rings. The standard InChI is InChI=1S/C16H12F3NO3S/c1-20-10-14(13-4-2-3-5-15(13)20)11-6-8-12(9-7-11)23-24(21,22)16(17,18)19/h2-10H,1H3. The van der Waals surface area contributed by atoms with Gasteiger partial charge < -0.3 is 8.75 Å². The van der Waals surface area contributed by atoms with E-state index in [0.717, 1.165) is 22.0 Å². The van der Waals surface area contributed by atoms with Crippen molar-refractivity contribution in [3.63, 3.8) is 0 Å². The average molecular weight is 355 g/mol. The highest BCUT2D eigenvalue weighted by atomic mass is 32.2. The molecular weight excluding hydrogens is 343 g/mol. The van der Waals surface area contributed by atoms with E-state index in [1.54, 1.807) is 0 Å². The van der Waals surface area contributed by atoms with Crippen molar-refractivity contribution in [2.24, 2.45) is 7.05 Å². The molecule has 1 heterocycles. The van der Waals surface area contributed by atoms with Crippen LogP contribution in [0.5, 0.6) is 5.75 Å². The van der Waals surface area contributed by atoms with Gasteiger partial charge in [0.2, 0.25) is 0 Å². The van der Waals surface area contributed by atoms with Gasteiger partial charge in [0.1, 0.15) is 5.75 Å². The first-order chi connectivity index (χ1) is 11.2. The molecule has 0 atom stereocenters. The topological polar surface area (TPSA) is 48.3 Å². The molecule has 0 saturated heterocycles. The molecule has 0 bridgehead atoms. The Morgan fingerprint density at radius 3 is 2.25 bits per heavy atom. The van der Waals surface area contributed by atoms with Crippen molar-refractivity contribution in [2.45, 2.75) is 5.51 Å². The van der Waals surface area contributed by atoms with E-state index in [9.17, 15) is 21.6 Å². The Morgan fingerprint density at radius 2 is 1.62 bits per heavy atom. The van der Waals surface area contributed by atoms with Gasteiger partial charge in [-0.15, -0.1) is 0 Å². The minimum atomic E-state index is -5.66. The molecule has 2 aromatic carbocycles. The van der Waals surface area contributed by atoms with Crippen LogP contribution in [0.4, 0.5) is 13.2 Å². The Morgan fingerprint density at radius 1 is 1.00 bits per heavy atom. The van der Waals surface area contributed by atoms with Crippen LogP contribution in [0.3, 0.4) is 0 Å². The molecule has 3 rings (SSSR count). The van der Waals surface area contributed by atoms with Crippen LogP contribution in [-0.2, 0) is 17.2 Å². The summed E-state index contributed by atoms with van der Waals surface area (Å²) in [6, 6.07) is 13.1. The van der Waals surface area contributed by atoms with Gasteiger partial charge in [-0.25, -0.2) is 0 Å². The van der Waals surface area contributed by atoms with Gasteiger partial charge in [0.25, 0.3) is 0 Å². The number of fused-ring (bicyclic) bond motifs is 1. The Bertz CT molecular complexity index is 990. The highest BCUT2D eigenvalue weighted by Gasteiger charge is 2.48. The molecule has 126 valence electrons. The van der Waals surface area contributed by atoms with Crippen LogP contribution in [-0.4, -0.2) is 18.5 Å². The van der Waals surface area contributed by atoms with E-state index in [4.69, 9.17) is 0 Å². The minimum Gasteiger partial charge on any atom is -0.376 e. The first kappa shape index (κ1) is 16.4. The lowest BCUT2D eigenvalue weighted by Crippen LogP contribution is -2.28. The van der Waals surface area contributed by atoms with Crippen LogP contribution in [0.1, 0.15) is 0 Å². The lowest BCUT2D eigenvalue weighted by Gasteiger charge is -2.09. The Labute approximate surface area is 136 Å². The molecule has 4 nitrogen and oxygen atoms in total. The molecule has 0 spiro atoms. The second-order valence-electron chi connectivity index (χ2n) is 5.18. The van der Waals surface area contributed by atoms with Crippen molar-refractivity contribution in [2.75, 3.05) is 0 Å². The first-order valence-corrected chi connectivity index (χ1v) is 8.25. The molecule has 0 amide bonds. The number of aromatic nitrogens is 1. The summed E-state index contributed by atoms with van der Waals surface area (Å²) in [6.07, 6.45) is 1.90. The molecule has 0 unspecified atom stereocenters. The quantitative estimate of drug-likeness (QED) is 0.526. The summed E-state index contributed by atoms with van der Waals surface area (Å²) in [6.45, 7) is 0. The van der Waals surface area contributed by atoms with Crippen LogP contribution in [0.25, 0.3) is 22.0 Å². The van der Waals surface area contributed by atoms with E-state index in [1.807, 2.05) is 42.1 Å². The lowest BCUT2D eigenvalue weighted by atomic mass is 10.0. The van der Waals surface area contributed by atoms with Crippen LogP contribution < -0.4 is 4.18 Å². The summed E-state index contributed by atoms with van der Waals surface area (Å²) >= 11 is 0. The number of hydrogen-bond acceptors (Lipinski definition) is 3. The van der Waals surface area contributed by atoms with E-state index in [-0.39, 0.29) is 0 Å². The monoisotopic (exact) mass is 355 g/mol. The van der Waals surface area contributed by atoms with Crippen molar-refractivity contribution in [1.82, 2.24) is 4.57 Å². The fourth-order valence-electron chi connectivity index (χ4n) is 2.44. The molecule has 24 heavy (non-hydrogen) atoms. The molecule has 0 aliphatic carbocycles. The summed E-state index contributed by atoms with van der Waals surface area (Å²) in [5.41, 5.74) is -2.82. The van der Waals surface area contributed by atoms with Gasteiger partial charge in [-0.3, -0.25) is 0 Å². The zero-order valence-electron chi connectivity index (χ0n) is 12.4. The fraction of sp³-hybridized carbons (Fsp3) is 0.125. The maximum absolute atomic E-state index is 12.3. The van der Waals surface area contributed by atoms with Crippen molar-refractivity contribution in [3.05, 3.63) is 54.7 Å². The van der Waals surface area contributed by atoms with Gasteiger partial charge in [0, 0.05) is 29.7 Å². The van der Waals surface area contributed by atoms with E-state index in [2.05, 4.69) is 4.18 Å². The minimum absolute atomic E-state index is 0.392. The number of halogens is 3. The summed E-state index contributed by atoms with van der Waals surface area (Å²) < 4.78 is 65.0.